The minimum Gasteiger partial charge on any atom is -0.466 e. The number of hydrogen-bond donors (Lipinski definition) is 1. The van der Waals surface area contributed by atoms with Crippen molar-refractivity contribution in [2.24, 2.45) is 0 Å². The molecule has 0 aliphatic heterocycles. The van der Waals surface area contributed by atoms with Crippen molar-refractivity contribution >= 4 is 5.97 Å². The monoisotopic (exact) mass is 261 g/mol. The summed E-state index contributed by atoms with van der Waals surface area (Å²) >= 11 is 0. The van der Waals surface area contributed by atoms with E-state index in [1.165, 1.54) is 24.0 Å². The number of hydrogen-bond acceptors (Lipinski definition) is 3. The zero-order valence-corrected chi connectivity index (χ0v) is 11.8. The number of ether oxygens (including phenoxy) is 1. The molecule has 1 aromatic rings. The second kappa shape index (κ2) is 6.71. The molecule has 0 heterocycles. The topological polar surface area (TPSA) is 38.3 Å². The molecule has 1 fully saturated rings. The molecule has 0 spiro atoms. The molecule has 1 saturated carbocycles. The van der Waals surface area contributed by atoms with E-state index in [9.17, 15) is 4.79 Å². The van der Waals surface area contributed by atoms with Gasteiger partial charge in [0.05, 0.1) is 13.0 Å². The molecule has 1 aliphatic rings. The Balaban J connectivity index is 1.67. The van der Waals surface area contributed by atoms with Crippen LogP contribution < -0.4 is 5.32 Å². The normalized spacial score (nSPS) is 21.8. The third-order valence-corrected chi connectivity index (χ3v) is 3.83. The number of esters is 1. The lowest BCUT2D eigenvalue weighted by molar-refractivity contribution is -0.143. The second-order valence-corrected chi connectivity index (χ2v) is 5.23. The summed E-state index contributed by atoms with van der Waals surface area (Å²) in [5.41, 5.74) is 2.86. The average Bonchev–Trinajstić information content (AvgIpc) is 2.34. The molecule has 0 atom stereocenters. The van der Waals surface area contributed by atoms with Crippen molar-refractivity contribution < 1.29 is 9.53 Å². The third kappa shape index (κ3) is 3.80. The molecule has 104 valence electrons. The van der Waals surface area contributed by atoms with Crippen molar-refractivity contribution in [3.05, 3.63) is 35.4 Å². The molecule has 2 rings (SSSR count). The van der Waals surface area contributed by atoms with Crippen LogP contribution in [0.1, 0.15) is 43.2 Å². The summed E-state index contributed by atoms with van der Waals surface area (Å²) in [4.78, 5) is 11.2. The van der Waals surface area contributed by atoms with Crippen LogP contribution in [0.4, 0.5) is 0 Å². The van der Waals surface area contributed by atoms with Gasteiger partial charge in [-0.2, -0.15) is 0 Å². The van der Waals surface area contributed by atoms with E-state index in [1.807, 2.05) is 6.92 Å². The SMILES string of the molecule is CCOC(=O)CCNC1CC(c2ccccc2C)C1. The largest absolute Gasteiger partial charge is 0.466 e. The maximum absolute atomic E-state index is 11.2. The number of carbonyl (C=O) groups excluding carboxylic acids is 1. The van der Waals surface area contributed by atoms with Crippen molar-refractivity contribution in [2.45, 2.75) is 45.1 Å². The van der Waals surface area contributed by atoms with Gasteiger partial charge in [0, 0.05) is 12.6 Å². The molecule has 3 nitrogen and oxygen atoms in total. The van der Waals surface area contributed by atoms with Crippen molar-refractivity contribution in [3.63, 3.8) is 0 Å². The predicted octanol–water partition coefficient (Wildman–Crippen LogP) is 2.78. The van der Waals surface area contributed by atoms with Gasteiger partial charge in [0.25, 0.3) is 0 Å². The van der Waals surface area contributed by atoms with Crippen molar-refractivity contribution in [3.8, 4) is 0 Å². The summed E-state index contributed by atoms with van der Waals surface area (Å²) < 4.78 is 4.90. The Morgan fingerprint density at radius 3 is 2.79 bits per heavy atom. The standard InChI is InChI=1S/C16H23NO2/c1-3-19-16(18)8-9-17-14-10-13(11-14)15-7-5-4-6-12(15)2/h4-7,13-14,17H,3,8-11H2,1-2H3. The number of benzene rings is 1. The number of rotatable bonds is 6. The van der Waals surface area contributed by atoms with Crippen molar-refractivity contribution in [1.29, 1.82) is 0 Å². The number of aryl methyl sites for hydroxylation is 1. The lowest BCUT2D eigenvalue weighted by atomic mass is 9.74. The van der Waals surface area contributed by atoms with Crippen LogP contribution in [0.2, 0.25) is 0 Å². The predicted molar refractivity (Wildman–Crippen MR) is 76.2 cm³/mol. The van der Waals surface area contributed by atoms with Gasteiger partial charge in [0.15, 0.2) is 0 Å². The summed E-state index contributed by atoms with van der Waals surface area (Å²) in [7, 11) is 0. The molecule has 19 heavy (non-hydrogen) atoms. The molecule has 3 heteroatoms. The van der Waals surface area contributed by atoms with E-state index >= 15 is 0 Å². The van der Waals surface area contributed by atoms with Crippen LogP contribution in [-0.4, -0.2) is 25.2 Å². The van der Waals surface area contributed by atoms with Gasteiger partial charge in [-0.05, 0) is 43.7 Å². The molecule has 0 unspecified atom stereocenters. The fourth-order valence-electron chi connectivity index (χ4n) is 2.69. The van der Waals surface area contributed by atoms with E-state index in [0.29, 0.717) is 25.0 Å². The first-order valence-electron chi connectivity index (χ1n) is 7.15. The highest BCUT2D eigenvalue weighted by Gasteiger charge is 2.30. The first kappa shape index (κ1) is 14.1. The Labute approximate surface area is 115 Å². The minimum absolute atomic E-state index is 0.107. The third-order valence-electron chi connectivity index (χ3n) is 3.83. The van der Waals surface area contributed by atoms with Gasteiger partial charge in [0.2, 0.25) is 0 Å². The first-order valence-corrected chi connectivity index (χ1v) is 7.15. The van der Waals surface area contributed by atoms with Crippen LogP contribution >= 0.6 is 0 Å². The zero-order valence-electron chi connectivity index (χ0n) is 11.8. The minimum atomic E-state index is -0.107. The molecule has 0 saturated heterocycles. The molecular weight excluding hydrogens is 238 g/mol. The van der Waals surface area contributed by atoms with Crippen molar-refractivity contribution in [2.75, 3.05) is 13.2 Å². The van der Waals surface area contributed by atoms with Gasteiger partial charge in [0.1, 0.15) is 0 Å². The smallest absolute Gasteiger partial charge is 0.307 e. The highest BCUT2D eigenvalue weighted by Crippen LogP contribution is 2.38. The second-order valence-electron chi connectivity index (χ2n) is 5.23. The van der Waals surface area contributed by atoms with Crippen LogP contribution in [0.5, 0.6) is 0 Å². The van der Waals surface area contributed by atoms with E-state index in [1.54, 1.807) is 0 Å². The summed E-state index contributed by atoms with van der Waals surface area (Å²) in [6, 6.07) is 9.17. The zero-order chi connectivity index (χ0) is 13.7. The molecule has 1 aromatic carbocycles. The van der Waals surface area contributed by atoms with Gasteiger partial charge >= 0.3 is 5.97 Å². The van der Waals surface area contributed by atoms with Gasteiger partial charge in [-0.1, -0.05) is 24.3 Å². The first-order chi connectivity index (χ1) is 9.20. The Bertz CT molecular complexity index is 425. The van der Waals surface area contributed by atoms with Gasteiger partial charge in [-0.3, -0.25) is 4.79 Å². The maximum Gasteiger partial charge on any atom is 0.307 e. The Kier molecular flexibility index (Phi) is 4.97. The highest BCUT2D eigenvalue weighted by molar-refractivity contribution is 5.69. The average molecular weight is 261 g/mol. The molecule has 0 bridgehead atoms. The number of nitrogens with one attached hydrogen (secondary N) is 1. The lowest BCUT2D eigenvalue weighted by Crippen LogP contribution is -2.41. The molecule has 1 N–H and O–H groups in total. The Morgan fingerprint density at radius 1 is 1.37 bits per heavy atom. The summed E-state index contributed by atoms with van der Waals surface area (Å²) in [6.07, 6.45) is 2.82. The summed E-state index contributed by atoms with van der Waals surface area (Å²) in [5, 5.41) is 3.43. The summed E-state index contributed by atoms with van der Waals surface area (Å²) in [5.74, 6) is 0.575. The Hall–Kier alpha value is -1.35. The molecule has 0 aromatic heterocycles. The van der Waals surface area contributed by atoms with E-state index in [4.69, 9.17) is 4.74 Å². The van der Waals surface area contributed by atoms with Crippen LogP contribution in [0.25, 0.3) is 0 Å². The fraction of sp³-hybridized carbons (Fsp3) is 0.562. The highest BCUT2D eigenvalue weighted by atomic mass is 16.5. The number of carbonyl (C=O) groups is 1. The van der Waals surface area contributed by atoms with E-state index in [-0.39, 0.29) is 5.97 Å². The molecule has 0 amide bonds. The van der Waals surface area contributed by atoms with Crippen molar-refractivity contribution in [1.82, 2.24) is 5.32 Å². The van der Waals surface area contributed by atoms with Crippen LogP contribution in [0, 0.1) is 6.92 Å². The van der Waals surface area contributed by atoms with E-state index in [2.05, 4.69) is 36.5 Å². The van der Waals surface area contributed by atoms with Gasteiger partial charge < -0.3 is 10.1 Å². The van der Waals surface area contributed by atoms with E-state index in [0.717, 1.165) is 6.54 Å². The summed E-state index contributed by atoms with van der Waals surface area (Å²) in [6.45, 7) is 5.21. The van der Waals surface area contributed by atoms with Crippen LogP contribution in [0.15, 0.2) is 24.3 Å². The maximum atomic E-state index is 11.2. The van der Waals surface area contributed by atoms with Crippen LogP contribution in [0.3, 0.4) is 0 Å². The van der Waals surface area contributed by atoms with E-state index < -0.39 is 0 Å². The van der Waals surface area contributed by atoms with Gasteiger partial charge in [-0.25, -0.2) is 0 Å². The molecule has 0 radical (unpaired) electrons. The quantitative estimate of drug-likeness (QED) is 0.800. The molecular formula is C16H23NO2. The lowest BCUT2D eigenvalue weighted by Gasteiger charge is -2.37. The van der Waals surface area contributed by atoms with Crippen LogP contribution in [-0.2, 0) is 9.53 Å². The Morgan fingerprint density at radius 2 is 2.11 bits per heavy atom. The molecule has 1 aliphatic carbocycles. The fourth-order valence-corrected chi connectivity index (χ4v) is 2.69. The van der Waals surface area contributed by atoms with Gasteiger partial charge in [-0.15, -0.1) is 0 Å².